The number of aliphatic hydroxyl groups excluding tert-OH is 1. The number of hydrogen-bond donors (Lipinski definition) is 2. The molecule has 0 saturated heterocycles. The maximum atomic E-state index is 11.0. The first kappa shape index (κ1) is 8.49. The Balaban J connectivity index is 3.24. The van der Waals surface area contributed by atoms with Crippen LogP contribution in [0.25, 0.3) is 0 Å². The van der Waals surface area contributed by atoms with Gasteiger partial charge in [0.05, 0.1) is 6.10 Å². The molecule has 0 bridgehead atoms. The highest BCUT2D eigenvalue weighted by Crippen LogP contribution is 2.11. The molecule has 1 atom stereocenters. The number of pyridine rings is 1. The molecule has 2 N–H and O–H groups in total. The molecule has 1 unspecified atom stereocenters. The second-order valence-electron chi connectivity index (χ2n) is 2.28. The molecule has 1 heterocycles. The van der Waals surface area contributed by atoms with Gasteiger partial charge in [0.2, 0.25) is 0 Å². The van der Waals surface area contributed by atoms with Crippen molar-refractivity contribution >= 4 is 15.9 Å². The van der Waals surface area contributed by atoms with Crippen molar-refractivity contribution in [3.8, 4) is 0 Å². The third-order valence-electron chi connectivity index (χ3n) is 1.35. The fourth-order valence-electron chi connectivity index (χ4n) is 0.784. The molecule has 0 spiro atoms. The minimum absolute atomic E-state index is 0.247. The smallest absolute Gasteiger partial charge is 0.253 e. The molecule has 0 fully saturated rings. The highest BCUT2D eigenvalue weighted by Gasteiger charge is 2.05. The minimum Gasteiger partial charge on any atom is -0.388 e. The SMILES string of the molecule is CC(O)c1cc(Br)c[nH]c1=O. The number of hydrogen-bond acceptors (Lipinski definition) is 2. The number of halogens is 1. The van der Waals surface area contributed by atoms with E-state index in [1.54, 1.807) is 13.0 Å². The van der Waals surface area contributed by atoms with Crippen molar-refractivity contribution in [2.75, 3.05) is 0 Å². The number of aromatic amines is 1. The predicted octanol–water partition coefficient (Wildman–Crippen LogP) is 1.19. The first-order valence-electron chi connectivity index (χ1n) is 3.17. The van der Waals surface area contributed by atoms with E-state index in [4.69, 9.17) is 5.11 Å². The summed E-state index contributed by atoms with van der Waals surface area (Å²) in [6.07, 6.45) is 0.810. The van der Waals surface area contributed by atoms with Gasteiger partial charge in [-0.3, -0.25) is 4.79 Å². The summed E-state index contributed by atoms with van der Waals surface area (Å²) in [5, 5.41) is 9.09. The number of H-pyrrole nitrogens is 1. The molecule has 0 aromatic carbocycles. The van der Waals surface area contributed by atoms with Gasteiger partial charge in [0.25, 0.3) is 5.56 Å². The van der Waals surface area contributed by atoms with E-state index in [1.165, 1.54) is 6.20 Å². The van der Waals surface area contributed by atoms with E-state index in [0.717, 1.165) is 4.47 Å². The molecule has 1 aromatic rings. The summed E-state index contributed by atoms with van der Waals surface area (Å²) in [4.78, 5) is 13.5. The Labute approximate surface area is 72.2 Å². The van der Waals surface area contributed by atoms with Crippen LogP contribution in [0.3, 0.4) is 0 Å². The summed E-state index contributed by atoms with van der Waals surface area (Å²) in [6.45, 7) is 1.55. The number of aliphatic hydroxyl groups is 1. The zero-order valence-corrected chi connectivity index (χ0v) is 7.55. The Bertz CT molecular complexity index is 306. The monoisotopic (exact) mass is 217 g/mol. The quantitative estimate of drug-likeness (QED) is 0.743. The maximum absolute atomic E-state index is 11.0. The summed E-state index contributed by atoms with van der Waals surface area (Å²) in [5.41, 5.74) is 0.127. The Morgan fingerprint density at radius 3 is 2.82 bits per heavy atom. The van der Waals surface area contributed by atoms with Crippen LogP contribution in [0.5, 0.6) is 0 Å². The van der Waals surface area contributed by atoms with E-state index in [-0.39, 0.29) is 5.56 Å². The van der Waals surface area contributed by atoms with Gasteiger partial charge in [-0.1, -0.05) is 0 Å². The molecule has 0 aliphatic rings. The summed E-state index contributed by atoms with van der Waals surface area (Å²) in [6, 6.07) is 1.60. The molecule has 3 nitrogen and oxygen atoms in total. The minimum atomic E-state index is -0.726. The van der Waals surface area contributed by atoms with Crippen LogP contribution in [0.15, 0.2) is 21.5 Å². The largest absolute Gasteiger partial charge is 0.388 e. The van der Waals surface area contributed by atoms with Crippen LogP contribution in [0.2, 0.25) is 0 Å². The lowest BCUT2D eigenvalue weighted by molar-refractivity contribution is 0.197. The first-order valence-corrected chi connectivity index (χ1v) is 3.97. The lowest BCUT2D eigenvalue weighted by Crippen LogP contribution is -2.13. The normalized spacial score (nSPS) is 13.0. The summed E-state index contributed by atoms with van der Waals surface area (Å²) < 4.78 is 0.757. The van der Waals surface area contributed by atoms with E-state index in [2.05, 4.69) is 20.9 Å². The van der Waals surface area contributed by atoms with Crippen LogP contribution in [0, 0.1) is 0 Å². The second kappa shape index (κ2) is 3.19. The molecule has 4 heteroatoms. The van der Waals surface area contributed by atoms with Crippen LogP contribution in [-0.2, 0) is 0 Å². The van der Waals surface area contributed by atoms with Crippen LogP contribution in [0.4, 0.5) is 0 Å². The summed E-state index contributed by atoms with van der Waals surface area (Å²) >= 11 is 3.18. The fourth-order valence-corrected chi connectivity index (χ4v) is 1.14. The molecule has 60 valence electrons. The van der Waals surface area contributed by atoms with Gasteiger partial charge in [-0.2, -0.15) is 0 Å². The molecular weight excluding hydrogens is 210 g/mol. The zero-order valence-electron chi connectivity index (χ0n) is 5.97. The third-order valence-corrected chi connectivity index (χ3v) is 1.80. The molecule has 0 saturated carbocycles. The fraction of sp³-hybridized carbons (Fsp3) is 0.286. The molecule has 0 amide bonds. The van der Waals surface area contributed by atoms with Crippen molar-refractivity contribution in [3.63, 3.8) is 0 Å². The molecule has 0 aliphatic carbocycles. The molecule has 0 radical (unpaired) electrons. The van der Waals surface area contributed by atoms with Gasteiger partial charge >= 0.3 is 0 Å². The predicted molar refractivity (Wildman–Crippen MR) is 45.4 cm³/mol. The third kappa shape index (κ3) is 1.91. The molecule has 1 aromatic heterocycles. The number of rotatable bonds is 1. The standard InChI is InChI=1S/C7H8BrNO2/c1-4(10)6-2-5(8)3-9-7(6)11/h2-4,10H,1H3,(H,9,11). The number of nitrogens with one attached hydrogen (secondary N) is 1. The molecule has 0 aliphatic heterocycles. The van der Waals surface area contributed by atoms with E-state index < -0.39 is 6.10 Å². The van der Waals surface area contributed by atoms with Crippen LogP contribution in [-0.4, -0.2) is 10.1 Å². The molecule has 1 rings (SSSR count). The van der Waals surface area contributed by atoms with E-state index in [1.807, 2.05) is 0 Å². The topological polar surface area (TPSA) is 53.1 Å². The van der Waals surface area contributed by atoms with Crippen LogP contribution < -0.4 is 5.56 Å². The van der Waals surface area contributed by atoms with E-state index in [0.29, 0.717) is 5.56 Å². The Morgan fingerprint density at radius 1 is 1.73 bits per heavy atom. The average molecular weight is 218 g/mol. The highest BCUT2D eigenvalue weighted by molar-refractivity contribution is 9.10. The summed E-state index contributed by atoms with van der Waals surface area (Å²) in [5.74, 6) is 0. The Morgan fingerprint density at radius 2 is 2.36 bits per heavy atom. The van der Waals surface area contributed by atoms with Gasteiger partial charge < -0.3 is 10.1 Å². The van der Waals surface area contributed by atoms with Gasteiger partial charge in [0, 0.05) is 16.2 Å². The lowest BCUT2D eigenvalue weighted by atomic mass is 10.2. The van der Waals surface area contributed by atoms with E-state index >= 15 is 0 Å². The van der Waals surface area contributed by atoms with Crippen molar-refractivity contribution in [1.29, 1.82) is 0 Å². The van der Waals surface area contributed by atoms with Crippen molar-refractivity contribution in [3.05, 3.63) is 32.7 Å². The van der Waals surface area contributed by atoms with Gasteiger partial charge in [0.1, 0.15) is 0 Å². The van der Waals surface area contributed by atoms with Crippen molar-refractivity contribution in [2.24, 2.45) is 0 Å². The number of aromatic nitrogens is 1. The van der Waals surface area contributed by atoms with Crippen molar-refractivity contribution in [2.45, 2.75) is 13.0 Å². The van der Waals surface area contributed by atoms with Crippen LogP contribution in [0.1, 0.15) is 18.6 Å². The van der Waals surface area contributed by atoms with Gasteiger partial charge in [-0.05, 0) is 28.9 Å². The van der Waals surface area contributed by atoms with E-state index in [9.17, 15) is 4.79 Å². The van der Waals surface area contributed by atoms with Gasteiger partial charge in [-0.25, -0.2) is 0 Å². The zero-order chi connectivity index (χ0) is 8.43. The summed E-state index contributed by atoms with van der Waals surface area (Å²) in [7, 11) is 0. The second-order valence-corrected chi connectivity index (χ2v) is 3.19. The van der Waals surface area contributed by atoms with Crippen molar-refractivity contribution < 1.29 is 5.11 Å². The Kier molecular flexibility index (Phi) is 2.46. The molecular formula is C7H8BrNO2. The Hall–Kier alpha value is -0.610. The lowest BCUT2D eigenvalue weighted by Gasteiger charge is -2.01. The highest BCUT2D eigenvalue weighted by atomic mass is 79.9. The molecule has 11 heavy (non-hydrogen) atoms. The van der Waals surface area contributed by atoms with Gasteiger partial charge in [0.15, 0.2) is 0 Å². The maximum Gasteiger partial charge on any atom is 0.253 e. The van der Waals surface area contributed by atoms with Crippen molar-refractivity contribution in [1.82, 2.24) is 4.98 Å². The van der Waals surface area contributed by atoms with Crippen LogP contribution >= 0.6 is 15.9 Å². The first-order chi connectivity index (χ1) is 5.11. The average Bonchev–Trinajstić information content (AvgIpc) is 1.94. The van der Waals surface area contributed by atoms with Gasteiger partial charge in [-0.15, -0.1) is 0 Å².